The highest BCUT2D eigenvalue weighted by atomic mass is 16.1. The van der Waals surface area contributed by atoms with Crippen LogP contribution in [0.3, 0.4) is 0 Å². The predicted octanol–water partition coefficient (Wildman–Crippen LogP) is 2.57. The fraction of sp³-hybridized carbons (Fsp3) is 0.375. The number of carbonyl (C=O) groups excluding carboxylic acids is 1. The fourth-order valence-corrected chi connectivity index (χ4v) is 2.68. The van der Waals surface area contributed by atoms with Crippen LogP contribution in [-0.4, -0.2) is 34.1 Å². The van der Waals surface area contributed by atoms with Crippen LogP contribution in [0.25, 0.3) is 0 Å². The number of likely N-dealkylation sites (tertiary alicyclic amines) is 1. The van der Waals surface area contributed by atoms with E-state index in [0.29, 0.717) is 5.69 Å². The lowest BCUT2D eigenvalue weighted by Crippen LogP contribution is -2.20. The van der Waals surface area contributed by atoms with Crippen molar-refractivity contribution in [2.75, 3.05) is 18.4 Å². The van der Waals surface area contributed by atoms with Crippen molar-refractivity contribution >= 4 is 11.6 Å². The molecule has 1 aliphatic heterocycles. The van der Waals surface area contributed by atoms with Gasteiger partial charge >= 0.3 is 0 Å². The Kier molecular flexibility index (Phi) is 4.01. The number of carbonyl (C=O) groups is 1. The zero-order valence-corrected chi connectivity index (χ0v) is 12.2. The van der Waals surface area contributed by atoms with Gasteiger partial charge in [-0.3, -0.25) is 14.8 Å². The predicted molar refractivity (Wildman–Crippen MR) is 82.2 cm³/mol. The largest absolute Gasteiger partial charge is 0.320 e. The van der Waals surface area contributed by atoms with Crippen molar-refractivity contribution in [2.45, 2.75) is 26.3 Å². The Morgan fingerprint density at radius 1 is 1.33 bits per heavy atom. The van der Waals surface area contributed by atoms with Gasteiger partial charge in [-0.2, -0.15) is 5.10 Å². The summed E-state index contributed by atoms with van der Waals surface area (Å²) in [5.74, 6) is -0.173. The zero-order valence-electron chi connectivity index (χ0n) is 12.2. The monoisotopic (exact) mass is 284 g/mol. The first-order valence-electron chi connectivity index (χ1n) is 7.36. The Hall–Kier alpha value is -2.14. The van der Waals surface area contributed by atoms with E-state index in [4.69, 9.17) is 0 Å². The van der Waals surface area contributed by atoms with Crippen LogP contribution in [0.15, 0.2) is 30.3 Å². The number of rotatable bonds is 4. The Bertz CT molecular complexity index is 629. The van der Waals surface area contributed by atoms with Gasteiger partial charge in [0, 0.05) is 17.9 Å². The van der Waals surface area contributed by atoms with Crippen LogP contribution in [0.1, 0.15) is 34.6 Å². The van der Waals surface area contributed by atoms with Gasteiger partial charge in [0.2, 0.25) is 0 Å². The quantitative estimate of drug-likeness (QED) is 0.907. The third kappa shape index (κ3) is 3.31. The first-order chi connectivity index (χ1) is 10.2. The molecule has 1 aromatic carbocycles. The molecule has 0 bridgehead atoms. The van der Waals surface area contributed by atoms with Gasteiger partial charge in [-0.25, -0.2) is 0 Å². The third-order valence-corrected chi connectivity index (χ3v) is 3.80. The molecule has 2 aromatic rings. The normalized spacial score (nSPS) is 15.3. The van der Waals surface area contributed by atoms with Gasteiger partial charge in [-0.15, -0.1) is 0 Å². The second kappa shape index (κ2) is 6.10. The van der Waals surface area contributed by atoms with E-state index >= 15 is 0 Å². The van der Waals surface area contributed by atoms with Crippen molar-refractivity contribution in [1.29, 1.82) is 0 Å². The fourth-order valence-electron chi connectivity index (χ4n) is 2.68. The highest BCUT2D eigenvalue weighted by Gasteiger charge is 2.15. The van der Waals surface area contributed by atoms with Crippen LogP contribution in [0.4, 0.5) is 5.69 Å². The van der Waals surface area contributed by atoms with E-state index in [1.807, 2.05) is 25.1 Å². The summed E-state index contributed by atoms with van der Waals surface area (Å²) in [7, 11) is 0. The van der Waals surface area contributed by atoms with Crippen LogP contribution in [-0.2, 0) is 6.54 Å². The number of amides is 1. The molecule has 5 nitrogen and oxygen atoms in total. The van der Waals surface area contributed by atoms with Crippen LogP contribution in [0.2, 0.25) is 0 Å². The van der Waals surface area contributed by atoms with Crippen molar-refractivity contribution in [1.82, 2.24) is 15.1 Å². The summed E-state index contributed by atoms with van der Waals surface area (Å²) in [6, 6.07) is 9.73. The standard InChI is InChI=1S/C16H20N4O/c1-12-10-15(19-18-12)16(21)17-14-7-3-2-6-13(14)11-20-8-4-5-9-20/h2-3,6-7,10H,4-5,8-9,11H2,1H3,(H,17,21)(H,18,19). The number of anilines is 1. The Morgan fingerprint density at radius 3 is 2.81 bits per heavy atom. The highest BCUT2D eigenvalue weighted by molar-refractivity contribution is 6.03. The van der Waals surface area contributed by atoms with Crippen LogP contribution in [0.5, 0.6) is 0 Å². The molecule has 1 aromatic heterocycles. The number of benzene rings is 1. The van der Waals surface area contributed by atoms with E-state index in [1.54, 1.807) is 6.07 Å². The molecule has 5 heteroatoms. The number of hydrogen-bond acceptors (Lipinski definition) is 3. The zero-order chi connectivity index (χ0) is 14.7. The Labute approximate surface area is 124 Å². The van der Waals surface area contributed by atoms with Gasteiger partial charge < -0.3 is 5.32 Å². The maximum Gasteiger partial charge on any atom is 0.276 e. The molecule has 3 rings (SSSR count). The topological polar surface area (TPSA) is 61.0 Å². The van der Waals surface area contributed by atoms with Crippen LogP contribution >= 0.6 is 0 Å². The number of para-hydroxylation sites is 1. The molecule has 0 aliphatic carbocycles. The number of nitrogens with zero attached hydrogens (tertiary/aromatic N) is 2. The molecule has 1 fully saturated rings. The molecule has 0 atom stereocenters. The molecule has 1 saturated heterocycles. The molecule has 0 spiro atoms. The summed E-state index contributed by atoms with van der Waals surface area (Å²) in [5, 5.41) is 9.75. The van der Waals surface area contributed by atoms with Crippen molar-refractivity contribution in [3.63, 3.8) is 0 Å². The Balaban J connectivity index is 1.73. The minimum atomic E-state index is -0.173. The van der Waals surface area contributed by atoms with Crippen molar-refractivity contribution < 1.29 is 4.79 Å². The van der Waals surface area contributed by atoms with E-state index in [-0.39, 0.29) is 5.91 Å². The molecule has 1 amide bonds. The average molecular weight is 284 g/mol. The first kappa shape index (κ1) is 13.8. The molecule has 1 aliphatic rings. The maximum absolute atomic E-state index is 12.2. The van der Waals surface area contributed by atoms with E-state index in [2.05, 4.69) is 26.5 Å². The molecule has 110 valence electrons. The number of aryl methyl sites for hydroxylation is 1. The molecule has 0 radical (unpaired) electrons. The summed E-state index contributed by atoms with van der Waals surface area (Å²) >= 11 is 0. The van der Waals surface area contributed by atoms with Gasteiger partial charge in [0.15, 0.2) is 5.69 Å². The van der Waals surface area contributed by atoms with Crippen molar-refractivity contribution in [2.24, 2.45) is 0 Å². The SMILES string of the molecule is Cc1cc(C(=O)Nc2ccccc2CN2CCCC2)n[nH]1. The smallest absolute Gasteiger partial charge is 0.276 e. The number of nitrogens with one attached hydrogen (secondary N) is 2. The summed E-state index contributed by atoms with van der Waals surface area (Å²) < 4.78 is 0. The van der Waals surface area contributed by atoms with E-state index in [9.17, 15) is 4.79 Å². The number of aromatic amines is 1. The van der Waals surface area contributed by atoms with Gasteiger partial charge in [0.25, 0.3) is 5.91 Å². The van der Waals surface area contributed by atoms with Crippen LogP contribution in [0, 0.1) is 6.92 Å². The molecule has 0 saturated carbocycles. The third-order valence-electron chi connectivity index (χ3n) is 3.80. The second-order valence-corrected chi connectivity index (χ2v) is 5.53. The summed E-state index contributed by atoms with van der Waals surface area (Å²) in [5.41, 5.74) is 3.32. The van der Waals surface area contributed by atoms with Gasteiger partial charge in [0.1, 0.15) is 0 Å². The van der Waals surface area contributed by atoms with Crippen molar-refractivity contribution in [3.8, 4) is 0 Å². The number of H-pyrrole nitrogens is 1. The lowest BCUT2D eigenvalue weighted by molar-refractivity contribution is 0.102. The second-order valence-electron chi connectivity index (χ2n) is 5.53. The molecular weight excluding hydrogens is 264 g/mol. The van der Waals surface area contributed by atoms with E-state index < -0.39 is 0 Å². The Morgan fingerprint density at radius 2 is 2.10 bits per heavy atom. The molecular formula is C16H20N4O. The number of hydrogen-bond donors (Lipinski definition) is 2. The van der Waals surface area contributed by atoms with Gasteiger partial charge in [-0.05, 0) is 50.6 Å². The lowest BCUT2D eigenvalue weighted by Gasteiger charge is -2.17. The summed E-state index contributed by atoms with van der Waals surface area (Å²) in [4.78, 5) is 14.6. The average Bonchev–Trinajstić information content (AvgIpc) is 3.12. The first-order valence-corrected chi connectivity index (χ1v) is 7.36. The van der Waals surface area contributed by atoms with Crippen LogP contribution < -0.4 is 5.32 Å². The highest BCUT2D eigenvalue weighted by Crippen LogP contribution is 2.20. The molecule has 21 heavy (non-hydrogen) atoms. The summed E-state index contributed by atoms with van der Waals surface area (Å²) in [6.45, 7) is 5.04. The molecule has 2 N–H and O–H groups in total. The van der Waals surface area contributed by atoms with Crippen molar-refractivity contribution in [3.05, 3.63) is 47.3 Å². The van der Waals surface area contributed by atoms with Gasteiger partial charge in [-0.1, -0.05) is 18.2 Å². The summed E-state index contributed by atoms with van der Waals surface area (Å²) in [6.07, 6.45) is 2.53. The maximum atomic E-state index is 12.2. The molecule has 2 heterocycles. The number of aromatic nitrogens is 2. The lowest BCUT2D eigenvalue weighted by atomic mass is 10.1. The van der Waals surface area contributed by atoms with E-state index in [1.165, 1.54) is 12.8 Å². The van der Waals surface area contributed by atoms with E-state index in [0.717, 1.165) is 36.6 Å². The minimum absolute atomic E-state index is 0.173. The minimum Gasteiger partial charge on any atom is -0.320 e. The van der Waals surface area contributed by atoms with Gasteiger partial charge in [0.05, 0.1) is 0 Å². The molecule has 0 unspecified atom stereocenters.